The maximum absolute atomic E-state index is 11.9. The first-order valence-electron chi connectivity index (χ1n) is 7.70. The monoisotopic (exact) mass is 313 g/mol. The maximum atomic E-state index is 11.9. The lowest BCUT2D eigenvalue weighted by Gasteiger charge is -2.24. The predicted molar refractivity (Wildman–Crippen MR) is 89.6 cm³/mol. The first kappa shape index (κ1) is 17.2. The molecule has 4 nitrogen and oxygen atoms in total. The number of carbonyl (C=O) groups is 1. The van der Waals surface area contributed by atoms with Crippen molar-refractivity contribution in [1.29, 1.82) is 0 Å². The molecule has 0 fully saturated rings. The summed E-state index contributed by atoms with van der Waals surface area (Å²) < 4.78 is 4.89. The molecule has 2 rings (SSSR count). The Morgan fingerprint density at radius 3 is 2.26 bits per heavy atom. The summed E-state index contributed by atoms with van der Waals surface area (Å²) in [7, 11) is 1.41. The molecule has 0 aliphatic heterocycles. The van der Waals surface area contributed by atoms with E-state index in [1.165, 1.54) is 7.11 Å². The first-order chi connectivity index (χ1) is 11.2. The van der Waals surface area contributed by atoms with Crippen molar-refractivity contribution in [2.75, 3.05) is 7.11 Å². The van der Waals surface area contributed by atoms with Gasteiger partial charge in [-0.05, 0) is 16.7 Å². The number of methoxy groups -OCH3 is 1. The minimum Gasteiger partial charge on any atom is -0.469 e. The van der Waals surface area contributed by atoms with Crippen LogP contribution in [-0.4, -0.2) is 18.2 Å². The van der Waals surface area contributed by atoms with Crippen molar-refractivity contribution < 1.29 is 14.6 Å². The lowest BCUT2D eigenvalue weighted by atomic mass is 9.94. The number of nitrogens with one attached hydrogen (secondary N) is 1. The molecule has 2 aromatic rings. The highest BCUT2D eigenvalue weighted by Crippen LogP contribution is 2.23. The fourth-order valence-corrected chi connectivity index (χ4v) is 2.56. The van der Waals surface area contributed by atoms with Gasteiger partial charge in [0, 0.05) is 12.6 Å². The van der Waals surface area contributed by atoms with Gasteiger partial charge in [0.1, 0.15) is 0 Å². The lowest BCUT2D eigenvalue weighted by Crippen LogP contribution is -2.31. The lowest BCUT2D eigenvalue weighted by molar-refractivity contribution is -0.145. The molecule has 0 saturated heterocycles. The average molecular weight is 313 g/mol. The van der Waals surface area contributed by atoms with E-state index < -0.39 is 0 Å². The summed E-state index contributed by atoms with van der Waals surface area (Å²) in [6, 6.07) is 17.5. The Morgan fingerprint density at radius 2 is 1.70 bits per heavy atom. The molecule has 0 spiro atoms. The SMILES string of the molecule is COC(=O)C(C)C(NCc1ccc(CO)cc1)c1ccccc1. The van der Waals surface area contributed by atoms with Gasteiger partial charge in [-0.1, -0.05) is 61.5 Å². The number of hydrogen-bond acceptors (Lipinski definition) is 4. The number of benzene rings is 2. The van der Waals surface area contributed by atoms with Crippen molar-refractivity contribution in [3.8, 4) is 0 Å². The van der Waals surface area contributed by atoms with Crippen LogP contribution in [0.2, 0.25) is 0 Å². The molecule has 0 saturated carbocycles. The molecule has 0 aliphatic rings. The molecule has 2 N–H and O–H groups in total. The van der Waals surface area contributed by atoms with Crippen LogP contribution in [0.4, 0.5) is 0 Å². The first-order valence-corrected chi connectivity index (χ1v) is 7.70. The standard InChI is InChI=1S/C19H23NO3/c1-14(19(22)23-2)18(17-6-4-3-5-7-17)20-12-15-8-10-16(13-21)11-9-15/h3-11,14,18,20-21H,12-13H2,1-2H3. The molecular formula is C19H23NO3. The number of carbonyl (C=O) groups excluding carboxylic acids is 1. The Kier molecular flexibility index (Phi) is 6.32. The second kappa shape index (κ2) is 8.46. The minimum absolute atomic E-state index is 0.0414. The maximum Gasteiger partial charge on any atom is 0.310 e. The van der Waals surface area contributed by atoms with Crippen LogP contribution in [0.5, 0.6) is 0 Å². The van der Waals surface area contributed by atoms with Crippen LogP contribution in [-0.2, 0) is 22.7 Å². The quantitative estimate of drug-likeness (QED) is 0.772. The van der Waals surface area contributed by atoms with Gasteiger partial charge in [-0.25, -0.2) is 0 Å². The number of hydrogen-bond donors (Lipinski definition) is 2. The molecule has 0 radical (unpaired) electrons. The van der Waals surface area contributed by atoms with Crippen molar-refractivity contribution in [3.63, 3.8) is 0 Å². The largest absolute Gasteiger partial charge is 0.469 e. The zero-order valence-corrected chi connectivity index (χ0v) is 13.5. The molecule has 4 heteroatoms. The third-order valence-corrected chi connectivity index (χ3v) is 3.96. The molecule has 23 heavy (non-hydrogen) atoms. The van der Waals surface area contributed by atoms with Crippen molar-refractivity contribution in [3.05, 3.63) is 71.3 Å². The molecule has 0 aliphatic carbocycles. The van der Waals surface area contributed by atoms with E-state index in [4.69, 9.17) is 9.84 Å². The fourth-order valence-electron chi connectivity index (χ4n) is 2.56. The van der Waals surface area contributed by atoms with Gasteiger partial charge in [-0.2, -0.15) is 0 Å². The topological polar surface area (TPSA) is 58.6 Å². The molecule has 0 aromatic heterocycles. The number of aliphatic hydroxyl groups is 1. The highest BCUT2D eigenvalue weighted by atomic mass is 16.5. The van der Waals surface area contributed by atoms with Crippen LogP contribution in [0.25, 0.3) is 0 Å². The van der Waals surface area contributed by atoms with E-state index in [2.05, 4.69) is 5.32 Å². The van der Waals surface area contributed by atoms with Gasteiger partial charge in [0.2, 0.25) is 0 Å². The molecular weight excluding hydrogens is 290 g/mol. The van der Waals surface area contributed by atoms with Gasteiger partial charge in [0.25, 0.3) is 0 Å². The van der Waals surface area contributed by atoms with E-state index in [1.54, 1.807) is 0 Å². The van der Waals surface area contributed by atoms with Gasteiger partial charge < -0.3 is 15.2 Å². The third-order valence-electron chi connectivity index (χ3n) is 3.96. The van der Waals surface area contributed by atoms with Crippen LogP contribution in [0.15, 0.2) is 54.6 Å². The van der Waals surface area contributed by atoms with Gasteiger partial charge >= 0.3 is 5.97 Å². The summed E-state index contributed by atoms with van der Waals surface area (Å²) in [5.41, 5.74) is 3.04. The average Bonchev–Trinajstić information content (AvgIpc) is 2.62. The summed E-state index contributed by atoms with van der Waals surface area (Å²) in [6.07, 6.45) is 0. The van der Waals surface area contributed by atoms with Crippen molar-refractivity contribution in [2.45, 2.75) is 26.1 Å². The minimum atomic E-state index is -0.292. The van der Waals surface area contributed by atoms with Crippen LogP contribution in [0.3, 0.4) is 0 Å². The highest BCUT2D eigenvalue weighted by molar-refractivity contribution is 5.73. The zero-order chi connectivity index (χ0) is 16.7. The second-order valence-corrected chi connectivity index (χ2v) is 5.56. The van der Waals surface area contributed by atoms with E-state index in [9.17, 15) is 4.79 Å². The highest BCUT2D eigenvalue weighted by Gasteiger charge is 2.25. The Morgan fingerprint density at radius 1 is 1.09 bits per heavy atom. The summed E-state index contributed by atoms with van der Waals surface area (Å²) in [5.74, 6) is -0.527. The van der Waals surface area contributed by atoms with Gasteiger partial charge in [-0.15, -0.1) is 0 Å². The van der Waals surface area contributed by atoms with Crippen LogP contribution in [0.1, 0.15) is 29.7 Å². The van der Waals surface area contributed by atoms with Gasteiger partial charge in [-0.3, -0.25) is 4.79 Å². The van der Waals surface area contributed by atoms with Crippen molar-refractivity contribution in [2.24, 2.45) is 5.92 Å². The Bertz CT molecular complexity index is 610. The molecule has 2 atom stereocenters. The van der Waals surface area contributed by atoms with Crippen molar-refractivity contribution >= 4 is 5.97 Å². The molecule has 122 valence electrons. The van der Waals surface area contributed by atoms with E-state index in [0.717, 1.165) is 16.7 Å². The predicted octanol–water partition coefficient (Wildman–Crippen LogP) is 2.82. The molecule has 0 heterocycles. The van der Waals surface area contributed by atoms with Gasteiger partial charge in [0.05, 0.1) is 19.6 Å². The molecule has 0 amide bonds. The Balaban J connectivity index is 2.12. The molecule has 2 unspecified atom stereocenters. The summed E-state index contributed by atoms with van der Waals surface area (Å²) in [4.78, 5) is 11.9. The smallest absolute Gasteiger partial charge is 0.310 e. The summed E-state index contributed by atoms with van der Waals surface area (Å²) >= 11 is 0. The summed E-state index contributed by atoms with van der Waals surface area (Å²) in [6.45, 7) is 2.54. The fraction of sp³-hybridized carbons (Fsp3) is 0.316. The van der Waals surface area contributed by atoms with Crippen molar-refractivity contribution in [1.82, 2.24) is 5.32 Å². The normalized spacial score (nSPS) is 13.3. The van der Waals surface area contributed by atoms with E-state index in [-0.39, 0.29) is 24.5 Å². The number of esters is 1. The van der Waals surface area contributed by atoms with Crippen LogP contribution >= 0.6 is 0 Å². The number of aliphatic hydroxyl groups excluding tert-OH is 1. The van der Waals surface area contributed by atoms with Crippen LogP contribution < -0.4 is 5.32 Å². The van der Waals surface area contributed by atoms with E-state index >= 15 is 0 Å². The summed E-state index contributed by atoms with van der Waals surface area (Å²) in [5, 5.41) is 12.5. The Labute approximate surface area is 137 Å². The Hall–Kier alpha value is -2.17. The van der Waals surface area contributed by atoms with E-state index in [0.29, 0.717) is 6.54 Å². The van der Waals surface area contributed by atoms with Crippen LogP contribution in [0, 0.1) is 5.92 Å². The second-order valence-electron chi connectivity index (χ2n) is 5.56. The number of ether oxygens (including phenoxy) is 1. The van der Waals surface area contributed by atoms with E-state index in [1.807, 2.05) is 61.5 Å². The zero-order valence-electron chi connectivity index (χ0n) is 13.5. The third kappa shape index (κ3) is 4.65. The van der Waals surface area contributed by atoms with Gasteiger partial charge in [0.15, 0.2) is 0 Å². The molecule has 0 bridgehead atoms. The number of rotatable bonds is 7. The molecule has 2 aromatic carbocycles.